The first-order chi connectivity index (χ1) is 9.31. The van der Waals surface area contributed by atoms with Crippen LogP contribution in [0.4, 0.5) is 8.78 Å². The Labute approximate surface area is 120 Å². The predicted molar refractivity (Wildman–Crippen MR) is 72.1 cm³/mol. The fourth-order valence-corrected chi connectivity index (χ4v) is 2.24. The predicted octanol–water partition coefficient (Wildman–Crippen LogP) is 3.39. The summed E-state index contributed by atoms with van der Waals surface area (Å²) >= 11 is 6.04. The summed E-state index contributed by atoms with van der Waals surface area (Å²) < 4.78 is 28.3. The van der Waals surface area contributed by atoms with Crippen molar-refractivity contribution in [1.29, 1.82) is 0 Å². The fraction of sp³-hybridized carbons (Fsp3) is 0.286. The smallest absolute Gasteiger partial charge is 0.170 e. The number of benzene rings is 1. The third-order valence-corrected chi connectivity index (χ3v) is 3.63. The van der Waals surface area contributed by atoms with E-state index >= 15 is 0 Å². The number of hydrogen-bond acceptors (Lipinski definition) is 2. The number of Topliss-reactive ketones (excluding diaryl/α,β-unsaturated/α-hetero) is 1. The topological polar surface area (TPSA) is 34.9 Å². The van der Waals surface area contributed by atoms with E-state index in [-0.39, 0.29) is 17.5 Å². The number of carbonyl (C=O) groups excluding carboxylic acids is 1. The van der Waals surface area contributed by atoms with Crippen LogP contribution in [0.1, 0.15) is 27.2 Å². The molecule has 0 spiro atoms. The SMILES string of the molecule is Cc1cc(C(=O)Cc2c(C)nn(C)c2Cl)c(F)cc1F. The molecule has 2 rings (SSSR count). The molecule has 0 radical (unpaired) electrons. The molecule has 1 aromatic carbocycles. The molecule has 2 aromatic rings. The highest BCUT2D eigenvalue weighted by atomic mass is 35.5. The number of ketones is 1. The van der Waals surface area contributed by atoms with Crippen molar-refractivity contribution in [3.05, 3.63) is 51.3 Å². The maximum Gasteiger partial charge on any atom is 0.170 e. The van der Waals surface area contributed by atoms with E-state index in [9.17, 15) is 13.6 Å². The Bertz CT molecular complexity index is 695. The average molecular weight is 299 g/mol. The summed E-state index contributed by atoms with van der Waals surface area (Å²) in [5.74, 6) is -1.99. The molecular weight excluding hydrogens is 286 g/mol. The third kappa shape index (κ3) is 2.58. The Morgan fingerprint density at radius 3 is 2.50 bits per heavy atom. The quantitative estimate of drug-likeness (QED) is 0.814. The monoisotopic (exact) mass is 298 g/mol. The summed E-state index contributed by atoms with van der Waals surface area (Å²) in [6, 6.07) is 1.94. The molecule has 6 heteroatoms. The molecule has 0 saturated carbocycles. The van der Waals surface area contributed by atoms with Gasteiger partial charge in [0.25, 0.3) is 0 Å². The molecule has 1 aromatic heterocycles. The molecule has 20 heavy (non-hydrogen) atoms. The van der Waals surface area contributed by atoms with E-state index in [4.69, 9.17) is 11.6 Å². The molecule has 0 saturated heterocycles. The van der Waals surface area contributed by atoms with E-state index in [0.29, 0.717) is 16.4 Å². The van der Waals surface area contributed by atoms with Gasteiger partial charge in [-0.15, -0.1) is 0 Å². The summed E-state index contributed by atoms with van der Waals surface area (Å²) in [6.07, 6.45) is -0.0689. The van der Waals surface area contributed by atoms with Gasteiger partial charge < -0.3 is 0 Å². The molecule has 0 amide bonds. The van der Waals surface area contributed by atoms with Crippen molar-refractivity contribution in [3.8, 4) is 0 Å². The van der Waals surface area contributed by atoms with Crippen molar-refractivity contribution >= 4 is 17.4 Å². The van der Waals surface area contributed by atoms with Gasteiger partial charge in [-0.05, 0) is 25.5 Å². The molecule has 0 bridgehead atoms. The van der Waals surface area contributed by atoms with Gasteiger partial charge in [0.1, 0.15) is 16.8 Å². The van der Waals surface area contributed by atoms with Gasteiger partial charge in [0.05, 0.1) is 11.3 Å². The first-order valence-corrected chi connectivity index (χ1v) is 6.36. The van der Waals surface area contributed by atoms with E-state index in [1.807, 2.05) is 0 Å². The zero-order valence-electron chi connectivity index (χ0n) is 11.3. The first kappa shape index (κ1) is 14.7. The van der Waals surface area contributed by atoms with Gasteiger partial charge in [0, 0.05) is 25.1 Å². The van der Waals surface area contributed by atoms with E-state index in [2.05, 4.69) is 5.10 Å². The molecule has 0 fully saturated rings. The zero-order valence-corrected chi connectivity index (χ0v) is 12.1. The summed E-state index contributed by atoms with van der Waals surface area (Å²) in [5.41, 5.74) is 1.26. The van der Waals surface area contributed by atoms with E-state index < -0.39 is 17.4 Å². The van der Waals surface area contributed by atoms with Crippen LogP contribution >= 0.6 is 11.6 Å². The second-order valence-electron chi connectivity index (χ2n) is 4.66. The zero-order chi connectivity index (χ0) is 15.0. The van der Waals surface area contributed by atoms with Crippen LogP contribution in [0.25, 0.3) is 0 Å². The van der Waals surface area contributed by atoms with Crippen molar-refractivity contribution < 1.29 is 13.6 Å². The van der Waals surface area contributed by atoms with Crippen LogP contribution in [-0.4, -0.2) is 15.6 Å². The van der Waals surface area contributed by atoms with Crippen LogP contribution in [0.15, 0.2) is 12.1 Å². The van der Waals surface area contributed by atoms with Crippen molar-refractivity contribution in [2.24, 2.45) is 7.05 Å². The van der Waals surface area contributed by atoms with Gasteiger partial charge in [-0.25, -0.2) is 8.78 Å². The van der Waals surface area contributed by atoms with Gasteiger partial charge in [-0.1, -0.05) is 11.6 Å². The van der Waals surface area contributed by atoms with Crippen LogP contribution in [-0.2, 0) is 13.5 Å². The molecular formula is C14H13ClF2N2O. The van der Waals surface area contributed by atoms with Crippen LogP contribution < -0.4 is 0 Å². The lowest BCUT2D eigenvalue weighted by Gasteiger charge is -2.05. The average Bonchev–Trinajstić information content (AvgIpc) is 2.60. The molecule has 0 atom stereocenters. The highest BCUT2D eigenvalue weighted by molar-refractivity contribution is 6.30. The van der Waals surface area contributed by atoms with Crippen LogP contribution in [0.2, 0.25) is 5.15 Å². The van der Waals surface area contributed by atoms with E-state index in [1.54, 1.807) is 14.0 Å². The second-order valence-corrected chi connectivity index (χ2v) is 5.02. The van der Waals surface area contributed by atoms with Crippen molar-refractivity contribution in [1.82, 2.24) is 9.78 Å². The minimum absolute atomic E-state index is 0.0689. The van der Waals surface area contributed by atoms with Crippen molar-refractivity contribution in [3.63, 3.8) is 0 Å². The molecule has 1 heterocycles. The maximum atomic E-state index is 13.7. The van der Waals surface area contributed by atoms with Gasteiger partial charge in [0.15, 0.2) is 5.78 Å². The lowest BCUT2D eigenvalue weighted by Crippen LogP contribution is -2.08. The Morgan fingerprint density at radius 2 is 1.95 bits per heavy atom. The molecule has 0 aliphatic heterocycles. The van der Waals surface area contributed by atoms with E-state index in [1.165, 1.54) is 17.7 Å². The maximum absolute atomic E-state index is 13.7. The van der Waals surface area contributed by atoms with Gasteiger partial charge in [-0.2, -0.15) is 5.10 Å². The molecule has 0 aliphatic carbocycles. The first-order valence-electron chi connectivity index (χ1n) is 5.98. The number of aromatic nitrogens is 2. The van der Waals surface area contributed by atoms with Crippen molar-refractivity contribution in [2.75, 3.05) is 0 Å². The Hall–Kier alpha value is -1.75. The number of halogens is 3. The Morgan fingerprint density at radius 1 is 1.30 bits per heavy atom. The molecule has 0 unspecified atom stereocenters. The second kappa shape index (κ2) is 5.32. The summed E-state index contributed by atoms with van der Waals surface area (Å²) in [6.45, 7) is 3.20. The van der Waals surface area contributed by atoms with E-state index in [0.717, 1.165) is 6.07 Å². The normalized spacial score (nSPS) is 10.9. The minimum Gasteiger partial charge on any atom is -0.294 e. The summed E-state index contributed by atoms with van der Waals surface area (Å²) in [5, 5.41) is 4.43. The highest BCUT2D eigenvalue weighted by Gasteiger charge is 2.19. The third-order valence-electron chi connectivity index (χ3n) is 3.16. The largest absolute Gasteiger partial charge is 0.294 e. The standard InChI is InChI=1S/C14H13ClF2N2O/c1-7-4-10(12(17)6-11(7)16)13(20)5-9-8(2)18-19(3)14(9)15/h4,6H,5H2,1-3H3. The van der Waals surface area contributed by atoms with Crippen molar-refractivity contribution in [2.45, 2.75) is 20.3 Å². The van der Waals surface area contributed by atoms with Crippen LogP contribution in [0, 0.1) is 25.5 Å². The summed E-state index contributed by atoms with van der Waals surface area (Å²) in [7, 11) is 1.66. The molecule has 106 valence electrons. The molecule has 3 nitrogen and oxygen atoms in total. The number of nitrogens with zero attached hydrogens (tertiary/aromatic N) is 2. The Kier molecular flexibility index (Phi) is 3.90. The lowest BCUT2D eigenvalue weighted by atomic mass is 10.0. The Balaban J connectivity index is 2.36. The molecule has 0 N–H and O–H groups in total. The highest BCUT2D eigenvalue weighted by Crippen LogP contribution is 2.22. The lowest BCUT2D eigenvalue weighted by molar-refractivity contribution is 0.0988. The minimum atomic E-state index is -0.865. The van der Waals surface area contributed by atoms with Crippen LogP contribution in [0.3, 0.4) is 0 Å². The molecule has 0 aliphatic rings. The number of hydrogen-bond donors (Lipinski definition) is 0. The van der Waals surface area contributed by atoms with Gasteiger partial charge in [-0.3, -0.25) is 9.48 Å². The number of rotatable bonds is 3. The number of aryl methyl sites for hydroxylation is 3. The fourth-order valence-electron chi connectivity index (χ4n) is 2.00. The van der Waals surface area contributed by atoms with Crippen LogP contribution in [0.5, 0.6) is 0 Å². The summed E-state index contributed by atoms with van der Waals surface area (Å²) in [4.78, 5) is 12.2. The van der Waals surface area contributed by atoms with Gasteiger partial charge in [0.2, 0.25) is 0 Å². The number of carbonyl (C=O) groups is 1. The van der Waals surface area contributed by atoms with Gasteiger partial charge >= 0.3 is 0 Å².